The Hall–Kier alpha value is -1.10. The largest absolute Gasteiger partial charge is 0.342 e. The van der Waals surface area contributed by atoms with Crippen LogP contribution in [0.5, 0.6) is 0 Å². The average molecular weight is 348 g/mol. The molecule has 4 rings (SSSR count). The minimum absolute atomic E-state index is 0.140. The van der Waals surface area contributed by atoms with Gasteiger partial charge in [-0.1, -0.05) is 6.42 Å². The molecule has 0 spiro atoms. The van der Waals surface area contributed by atoms with Crippen molar-refractivity contribution in [3.05, 3.63) is 0 Å². The summed E-state index contributed by atoms with van der Waals surface area (Å²) >= 11 is 0. The second-order valence-electron chi connectivity index (χ2n) is 8.83. The normalized spacial score (nSPS) is 36.5. The van der Waals surface area contributed by atoms with Crippen LogP contribution in [-0.4, -0.2) is 53.8 Å². The van der Waals surface area contributed by atoms with Crippen molar-refractivity contribution < 1.29 is 9.59 Å². The van der Waals surface area contributed by atoms with Gasteiger partial charge in [0.1, 0.15) is 0 Å². The molecular weight excluding hydrogens is 314 g/mol. The van der Waals surface area contributed by atoms with Gasteiger partial charge in [0.2, 0.25) is 11.8 Å². The topological polar surface area (TPSA) is 66.6 Å². The van der Waals surface area contributed by atoms with Gasteiger partial charge in [0.25, 0.3) is 0 Å². The summed E-state index contributed by atoms with van der Waals surface area (Å²) in [5, 5.41) is 0. The summed E-state index contributed by atoms with van der Waals surface area (Å²) in [6.07, 6.45) is 9.66. The summed E-state index contributed by atoms with van der Waals surface area (Å²) in [6.45, 7) is 3.40. The highest BCUT2D eigenvalue weighted by molar-refractivity contribution is 5.81. The van der Waals surface area contributed by atoms with Crippen molar-refractivity contribution in [2.24, 2.45) is 29.4 Å². The van der Waals surface area contributed by atoms with Crippen LogP contribution in [0.15, 0.2) is 0 Å². The highest BCUT2D eigenvalue weighted by Crippen LogP contribution is 2.42. The van der Waals surface area contributed by atoms with E-state index in [0.717, 1.165) is 64.7 Å². The molecule has 25 heavy (non-hydrogen) atoms. The van der Waals surface area contributed by atoms with Crippen LogP contribution in [0.2, 0.25) is 0 Å². The third kappa shape index (κ3) is 3.44. The number of hydrogen-bond acceptors (Lipinski definition) is 3. The molecule has 5 heteroatoms. The maximum absolute atomic E-state index is 13.0. The first-order chi connectivity index (χ1) is 12.1. The number of piperidine rings is 1. The van der Waals surface area contributed by atoms with E-state index in [2.05, 4.69) is 0 Å². The summed E-state index contributed by atoms with van der Waals surface area (Å²) in [5.74, 6) is 2.10. The van der Waals surface area contributed by atoms with Gasteiger partial charge >= 0.3 is 0 Å². The predicted octanol–water partition coefficient (Wildman–Crippen LogP) is 2.00. The van der Waals surface area contributed by atoms with E-state index in [1.165, 1.54) is 19.3 Å². The first kappa shape index (κ1) is 17.3. The minimum atomic E-state index is 0.140. The van der Waals surface area contributed by atoms with Crippen molar-refractivity contribution in [2.45, 2.75) is 63.8 Å². The van der Waals surface area contributed by atoms with E-state index >= 15 is 0 Å². The Labute approximate surface area is 151 Å². The molecule has 4 aliphatic rings. The van der Waals surface area contributed by atoms with Gasteiger partial charge in [-0.3, -0.25) is 9.59 Å². The van der Waals surface area contributed by atoms with Gasteiger partial charge in [0.05, 0.1) is 0 Å². The highest BCUT2D eigenvalue weighted by Gasteiger charge is 2.42. The van der Waals surface area contributed by atoms with Crippen LogP contribution < -0.4 is 5.73 Å². The van der Waals surface area contributed by atoms with Crippen LogP contribution in [0.4, 0.5) is 0 Å². The molecule has 0 aromatic rings. The van der Waals surface area contributed by atoms with E-state index in [4.69, 9.17) is 5.73 Å². The molecule has 2 N–H and O–H groups in total. The van der Waals surface area contributed by atoms with E-state index in [1.54, 1.807) is 0 Å². The van der Waals surface area contributed by atoms with Crippen LogP contribution in [0, 0.1) is 23.7 Å². The van der Waals surface area contributed by atoms with E-state index in [0.29, 0.717) is 29.7 Å². The van der Waals surface area contributed by atoms with Gasteiger partial charge in [-0.05, 0) is 63.2 Å². The SMILES string of the molecule is NC1C2CCCC1CC(C(=O)N1CCC(C(=O)N3CCCC3)CC1)C2. The van der Waals surface area contributed by atoms with E-state index < -0.39 is 0 Å². The Bertz CT molecular complexity index is 495. The van der Waals surface area contributed by atoms with E-state index in [-0.39, 0.29) is 11.8 Å². The first-order valence-corrected chi connectivity index (χ1v) is 10.5. The number of likely N-dealkylation sites (tertiary alicyclic amines) is 2. The molecule has 2 unspecified atom stereocenters. The van der Waals surface area contributed by atoms with Crippen molar-refractivity contribution in [3.8, 4) is 0 Å². The van der Waals surface area contributed by atoms with Crippen molar-refractivity contribution >= 4 is 11.8 Å². The molecule has 2 aliphatic carbocycles. The number of hydrogen-bond donors (Lipinski definition) is 1. The molecule has 4 fully saturated rings. The third-order valence-electron chi connectivity index (χ3n) is 7.34. The van der Waals surface area contributed by atoms with Gasteiger partial charge in [-0.15, -0.1) is 0 Å². The molecule has 2 saturated heterocycles. The smallest absolute Gasteiger partial charge is 0.225 e. The van der Waals surface area contributed by atoms with Gasteiger partial charge in [0.15, 0.2) is 0 Å². The van der Waals surface area contributed by atoms with Crippen molar-refractivity contribution in [3.63, 3.8) is 0 Å². The van der Waals surface area contributed by atoms with E-state index in [1.807, 2.05) is 9.80 Å². The predicted molar refractivity (Wildman–Crippen MR) is 96.6 cm³/mol. The minimum Gasteiger partial charge on any atom is -0.342 e. The lowest BCUT2D eigenvalue weighted by Crippen LogP contribution is -2.51. The van der Waals surface area contributed by atoms with Gasteiger partial charge < -0.3 is 15.5 Å². The van der Waals surface area contributed by atoms with Crippen molar-refractivity contribution in [1.29, 1.82) is 0 Å². The molecule has 2 saturated carbocycles. The standard InChI is InChI=1S/C20H33N3O2/c21-18-15-4-3-5-16(18)13-17(12-15)20(25)23-10-6-14(7-11-23)19(24)22-8-1-2-9-22/h14-18H,1-13,21H2. The Kier molecular flexibility index (Phi) is 5.03. The second kappa shape index (κ2) is 7.26. The van der Waals surface area contributed by atoms with Crippen LogP contribution in [0.25, 0.3) is 0 Å². The van der Waals surface area contributed by atoms with Gasteiger partial charge in [0, 0.05) is 44.1 Å². The quantitative estimate of drug-likeness (QED) is 0.831. The lowest BCUT2D eigenvalue weighted by molar-refractivity contribution is -0.144. The molecule has 2 heterocycles. The number of nitrogens with two attached hydrogens (primary N) is 1. The molecule has 2 atom stereocenters. The molecule has 0 radical (unpaired) electrons. The zero-order valence-electron chi connectivity index (χ0n) is 15.4. The number of carbonyl (C=O) groups excluding carboxylic acids is 2. The molecule has 0 aromatic carbocycles. The number of rotatable bonds is 2. The fraction of sp³-hybridized carbons (Fsp3) is 0.900. The van der Waals surface area contributed by atoms with Gasteiger partial charge in [-0.2, -0.15) is 0 Å². The molecule has 140 valence electrons. The highest BCUT2D eigenvalue weighted by atomic mass is 16.2. The van der Waals surface area contributed by atoms with Gasteiger partial charge in [-0.25, -0.2) is 0 Å². The summed E-state index contributed by atoms with van der Waals surface area (Å²) in [7, 11) is 0. The molecular formula is C20H33N3O2. The lowest BCUT2D eigenvalue weighted by atomic mass is 9.65. The lowest BCUT2D eigenvalue weighted by Gasteiger charge is -2.45. The number of carbonyl (C=O) groups is 2. The number of fused-ring (bicyclic) bond motifs is 2. The van der Waals surface area contributed by atoms with E-state index in [9.17, 15) is 9.59 Å². The zero-order valence-corrected chi connectivity index (χ0v) is 15.4. The van der Waals surface area contributed by atoms with Crippen LogP contribution in [0.1, 0.15) is 57.8 Å². The molecule has 2 amide bonds. The Morgan fingerprint density at radius 2 is 1.20 bits per heavy atom. The zero-order chi connectivity index (χ0) is 17.4. The molecule has 2 bridgehead atoms. The Morgan fingerprint density at radius 1 is 0.680 bits per heavy atom. The maximum Gasteiger partial charge on any atom is 0.225 e. The first-order valence-electron chi connectivity index (χ1n) is 10.5. The summed E-state index contributed by atoms with van der Waals surface area (Å²) in [6, 6.07) is 0.321. The van der Waals surface area contributed by atoms with Crippen LogP contribution in [-0.2, 0) is 9.59 Å². The average Bonchev–Trinajstić information content (AvgIpc) is 3.15. The van der Waals surface area contributed by atoms with Crippen LogP contribution in [0.3, 0.4) is 0 Å². The van der Waals surface area contributed by atoms with Crippen molar-refractivity contribution in [2.75, 3.05) is 26.2 Å². The summed E-state index contributed by atoms with van der Waals surface area (Å²) in [4.78, 5) is 29.6. The monoisotopic (exact) mass is 347 g/mol. The summed E-state index contributed by atoms with van der Waals surface area (Å²) in [5.41, 5.74) is 6.37. The molecule has 0 aromatic heterocycles. The fourth-order valence-corrected chi connectivity index (χ4v) is 5.79. The van der Waals surface area contributed by atoms with Crippen molar-refractivity contribution in [1.82, 2.24) is 9.80 Å². The molecule has 5 nitrogen and oxygen atoms in total. The van der Waals surface area contributed by atoms with Crippen LogP contribution >= 0.6 is 0 Å². The fourth-order valence-electron chi connectivity index (χ4n) is 5.79. The maximum atomic E-state index is 13.0. The molecule has 2 aliphatic heterocycles. The Morgan fingerprint density at radius 3 is 1.80 bits per heavy atom. The second-order valence-corrected chi connectivity index (χ2v) is 8.83. The summed E-state index contributed by atoms with van der Waals surface area (Å²) < 4.78 is 0. The number of amides is 2. The number of nitrogens with zero attached hydrogens (tertiary/aromatic N) is 2. The third-order valence-corrected chi connectivity index (χ3v) is 7.34. The Balaban J connectivity index is 1.30.